The summed E-state index contributed by atoms with van der Waals surface area (Å²) in [5.41, 5.74) is 4.56. The van der Waals surface area contributed by atoms with E-state index in [-0.39, 0.29) is 6.04 Å². The van der Waals surface area contributed by atoms with E-state index in [0.717, 1.165) is 22.4 Å². The number of fused-ring (bicyclic) bond motifs is 1. The summed E-state index contributed by atoms with van der Waals surface area (Å²) < 4.78 is 3.29. The summed E-state index contributed by atoms with van der Waals surface area (Å²) in [5.74, 6) is 0. The number of imidazole rings is 1. The van der Waals surface area contributed by atoms with E-state index in [1.807, 2.05) is 24.3 Å². The van der Waals surface area contributed by atoms with Crippen molar-refractivity contribution in [1.29, 1.82) is 0 Å². The molecule has 0 saturated carbocycles. The van der Waals surface area contributed by atoms with Gasteiger partial charge in [0.15, 0.2) is 0 Å². The Morgan fingerprint density at radius 1 is 1.19 bits per heavy atom. The highest BCUT2D eigenvalue weighted by Crippen LogP contribution is 2.23. The smallest absolute Gasteiger partial charge is 0.137 e. The Kier molecular flexibility index (Phi) is 4.08. The molecule has 3 rings (SSSR count). The van der Waals surface area contributed by atoms with Crippen molar-refractivity contribution >= 4 is 21.6 Å². The first-order chi connectivity index (χ1) is 10.2. The van der Waals surface area contributed by atoms with Crippen LogP contribution in [0.25, 0.3) is 5.65 Å². The largest absolute Gasteiger partial charge is 0.305 e. The zero-order valence-corrected chi connectivity index (χ0v) is 13.8. The van der Waals surface area contributed by atoms with Crippen molar-refractivity contribution in [3.05, 3.63) is 70.1 Å². The van der Waals surface area contributed by atoms with Crippen molar-refractivity contribution in [3.63, 3.8) is 0 Å². The van der Waals surface area contributed by atoms with Crippen LogP contribution in [-0.4, -0.2) is 9.38 Å². The molecule has 0 saturated heterocycles. The van der Waals surface area contributed by atoms with Crippen LogP contribution in [0, 0.1) is 6.92 Å². The number of nitrogens with zero attached hydrogens (tertiary/aromatic N) is 2. The molecule has 3 aromatic rings. The third-order valence-electron chi connectivity index (χ3n) is 3.78. The molecule has 2 aromatic heterocycles. The number of aromatic nitrogens is 2. The number of rotatable bonds is 4. The molecule has 108 valence electrons. The molecule has 3 nitrogen and oxygen atoms in total. The Morgan fingerprint density at radius 3 is 2.76 bits per heavy atom. The van der Waals surface area contributed by atoms with Gasteiger partial charge in [0.05, 0.1) is 11.4 Å². The fourth-order valence-electron chi connectivity index (χ4n) is 2.56. The van der Waals surface area contributed by atoms with Gasteiger partial charge in [-0.25, -0.2) is 4.98 Å². The van der Waals surface area contributed by atoms with Crippen molar-refractivity contribution in [2.45, 2.75) is 26.4 Å². The zero-order valence-electron chi connectivity index (χ0n) is 12.2. The molecule has 0 aliphatic carbocycles. The number of pyridine rings is 1. The van der Waals surface area contributed by atoms with E-state index in [4.69, 9.17) is 0 Å². The summed E-state index contributed by atoms with van der Waals surface area (Å²) in [6.45, 7) is 5.03. The summed E-state index contributed by atoms with van der Waals surface area (Å²) in [4.78, 5) is 4.60. The Morgan fingerprint density at radius 2 is 1.95 bits per heavy atom. The standard InChI is InChI=1S/C17H18BrN3/c1-12(14-7-3-4-8-15(14)18)19-11-16-13(2)20-17-9-5-6-10-21(16)17/h3-10,12,19H,11H2,1-2H3/t12-/m1/s1. The predicted molar refractivity (Wildman–Crippen MR) is 89.3 cm³/mol. The highest BCUT2D eigenvalue weighted by atomic mass is 79.9. The first kappa shape index (κ1) is 14.3. The van der Waals surface area contributed by atoms with Crippen LogP contribution in [0.1, 0.15) is 29.9 Å². The topological polar surface area (TPSA) is 29.3 Å². The Bertz CT molecular complexity index is 764. The van der Waals surface area contributed by atoms with Gasteiger partial charge in [0, 0.05) is 23.3 Å². The van der Waals surface area contributed by atoms with Crippen molar-refractivity contribution in [2.75, 3.05) is 0 Å². The van der Waals surface area contributed by atoms with E-state index in [9.17, 15) is 0 Å². The Hall–Kier alpha value is -1.65. The molecule has 4 heteroatoms. The number of hydrogen-bond donors (Lipinski definition) is 1. The lowest BCUT2D eigenvalue weighted by Gasteiger charge is -2.16. The molecular weight excluding hydrogens is 326 g/mol. The summed E-state index contributed by atoms with van der Waals surface area (Å²) >= 11 is 3.61. The molecule has 1 atom stereocenters. The Labute approximate surface area is 133 Å². The molecule has 21 heavy (non-hydrogen) atoms. The lowest BCUT2D eigenvalue weighted by Crippen LogP contribution is -2.19. The van der Waals surface area contributed by atoms with Gasteiger partial charge in [0.2, 0.25) is 0 Å². The summed E-state index contributed by atoms with van der Waals surface area (Å²) in [5, 5.41) is 3.58. The van der Waals surface area contributed by atoms with E-state index in [0.29, 0.717) is 0 Å². The van der Waals surface area contributed by atoms with Crippen LogP contribution >= 0.6 is 15.9 Å². The fraction of sp³-hybridized carbons (Fsp3) is 0.235. The zero-order chi connectivity index (χ0) is 14.8. The minimum absolute atomic E-state index is 0.272. The number of halogens is 1. The van der Waals surface area contributed by atoms with E-state index in [1.165, 1.54) is 11.3 Å². The second-order valence-electron chi connectivity index (χ2n) is 5.20. The van der Waals surface area contributed by atoms with Gasteiger partial charge in [-0.05, 0) is 37.6 Å². The number of nitrogens with one attached hydrogen (secondary N) is 1. The normalized spacial score (nSPS) is 12.7. The van der Waals surface area contributed by atoms with E-state index in [1.54, 1.807) is 0 Å². The van der Waals surface area contributed by atoms with E-state index < -0.39 is 0 Å². The van der Waals surface area contributed by atoms with Crippen molar-refractivity contribution in [2.24, 2.45) is 0 Å². The molecule has 0 aliphatic heterocycles. The molecule has 0 amide bonds. The maximum Gasteiger partial charge on any atom is 0.137 e. The molecule has 1 aromatic carbocycles. The second-order valence-corrected chi connectivity index (χ2v) is 6.05. The van der Waals surface area contributed by atoms with Crippen LogP contribution in [0.5, 0.6) is 0 Å². The lowest BCUT2D eigenvalue weighted by molar-refractivity contribution is 0.562. The molecule has 0 aliphatic rings. The first-order valence-electron chi connectivity index (χ1n) is 7.07. The highest BCUT2D eigenvalue weighted by molar-refractivity contribution is 9.10. The number of benzene rings is 1. The molecule has 0 bridgehead atoms. The average molecular weight is 344 g/mol. The summed E-state index contributed by atoms with van der Waals surface area (Å²) in [6.07, 6.45) is 2.06. The predicted octanol–water partition coefficient (Wildman–Crippen LogP) is 4.26. The molecule has 2 heterocycles. The van der Waals surface area contributed by atoms with Gasteiger partial charge in [0.25, 0.3) is 0 Å². The van der Waals surface area contributed by atoms with Gasteiger partial charge in [-0.1, -0.05) is 40.2 Å². The highest BCUT2D eigenvalue weighted by Gasteiger charge is 2.12. The maximum atomic E-state index is 4.60. The van der Waals surface area contributed by atoms with E-state index in [2.05, 4.69) is 68.9 Å². The Balaban J connectivity index is 1.81. The maximum absolute atomic E-state index is 4.60. The number of aryl methyl sites for hydroxylation is 1. The van der Waals surface area contributed by atoms with Crippen LogP contribution in [0.2, 0.25) is 0 Å². The van der Waals surface area contributed by atoms with Gasteiger partial charge in [-0.3, -0.25) is 0 Å². The van der Waals surface area contributed by atoms with Gasteiger partial charge in [0.1, 0.15) is 5.65 Å². The van der Waals surface area contributed by atoms with Crippen LogP contribution in [0.4, 0.5) is 0 Å². The number of hydrogen-bond acceptors (Lipinski definition) is 2. The molecule has 0 fully saturated rings. The fourth-order valence-corrected chi connectivity index (χ4v) is 3.19. The molecular formula is C17H18BrN3. The van der Waals surface area contributed by atoms with Crippen molar-refractivity contribution < 1.29 is 0 Å². The van der Waals surface area contributed by atoms with Gasteiger partial charge in [-0.2, -0.15) is 0 Å². The quantitative estimate of drug-likeness (QED) is 0.766. The SMILES string of the molecule is Cc1nc2ccccn2c1CN[C@H](C)c1ccccc1Br. The lowest BCUT2D eigenvalue weighted by atomic mass is 10.1. The van der Waals surface area contributed by atoms with E-state index >= 15 is 0 Å². The second kappa shape index (κ2) is 6.00. The van der Waals surface area contributed by atoms with Crippen molar-refractivity contribution in [1.82, 2.24) is 14.7 Å². The molecule has 0 radical (unpaired) electrons. The minimum atomic E-state index is 0.272. The third kappa shape index (κ3) is 2.87. The summed E-state index contributed by atoms with van der Waals surface area (Å²) in [7, 11) is 0. The average Bonchev–Trinajstić information content (AvgIpc) is 2.81. The summed E-state index contributed by atoms with van der Waals surface area (Å²) in [6, 6.07) is 14.7. The minimum Gasteiger partial charge on any atom is -0.305 e. The molecule has 0 unspecified atom stereocenters. The van der Waals surface area contributed by atoms with Gasteiger partial charge in [-0.15, -0.1) is 0 Å². The van der Waals surface area contributed by atoms with Crippen LogP contribution in [0.15, 0.2) is 53.1 Å². The van der Waals surface area contributed by atoms with Crippen LogP contribution in [-0.2, 0) is 6.54 Å². The molecule has 1 N–H and O–H groups in total. The van der Waals surface area contributed by atoms with Crippen molar-refractivity contribution in [3.8, 4) is 0 Å². The van der Waals surface area contributed by atoms with Crippen LogP contribution in [0.3, 0.4) is 0 Å². The van der Waals surface area contributed by atoms with Gasteiger partial charge < -0.3 is 9.72 Å². The third-order valence-corrected chi connectivity index (χ3v) is 4.50. The first-order valence-corrected chi connectivity index (χ1v) is 7.86. The molecule has 0 spiro atoms. The monoisotopic (exact) mass is 343 g/mol. The van der Waals surface area contributed by atoms with Crippen LogP contribution < -0.4 is 5.32 Å². The van der Waals surface area contributed by atoms with Gasteiger partial charge >= 0.3 is 0 Å².